The van der Waals surface area contributed by atoms with Gasteiger partial charge >= 0.3 is 0 Å². The van der Waals surface area contributed by atoms with Crippen LogP contribution in [0.2, 0.25) is 0 Å². The lowest BCUT2D eigenvalue weighted by Gasteiger charge is -2.12. The highest BCUT2D eigenvalue weighted by Crippen LogP contribution is 2.18. The molecule has 2 rings (SSSR count). The van der Waals surface area contributed by atoms with E-state index < -0.39 is 0 Å². The number of hydrogen-bond acceptors (Lipinski definition) is 3. The molecule has 1 atom stereocenters. The van der Waals surface area contributed by atoms with E-state index in [2.05, 4.69) is 11.2 Å². The molecule has 17 heavy (non-hydrogen) atoms. The molecule has 1 aromatic rings. The van der Waals surface area contributed by atoms with Gasteiger partial charge in [-0.2, -0.15) is 0 Å². The molecule has 1 heterocycles. The molecule has 3 nitrogen and oxygen atoms in total. The van der Waals surface area contributed by atoms with Crippen LogP contribution in [-0.4, -0.2) is 25.8 Å². The van der Waals surface area contributed by atoms with Gasteiger partial charge in [-0.1, -0.05) is 5.92 Å². The van der Waals surface area contributed by atoms with Crippen LogP contribution in [0.1, 0.15) is 12.8 Å². The zero-order valence-electron chi connectivity index (χ0n) is 9.82. The van der Waals surface area contributed by atoms with Crippen LogP contribution in [0.4, 0.5) is 0 Å². The van der Waals surface area contributed by atoms with Gasteiger partial charge in [-0.05, 0) is 43.7 Å². The first-order valence-corrected chi connectivity index (χ1v) is 5.91. The van der Waals surface area contributed by atoms with Gasteiger partial charge in [0.1, 0.15) is 24.7 Å². The van der Waals surface area contributed by atoms with Crippen LogP contribution in [0.3, 0.4) is 0 Å². The van der Waals surface area contributed by atoms with E-state index in [1.807, 2.05) is 24.3 Å². The molecule has 1 aromatic carbocycles. The molecule has 1 fully saturated rings. The zero-order chi connectivity index (χ0) is 11.9. The predicted molar refractivity (Wildman–Crippen MR) is 67.3 cm³/mol. The molecule has 0 saturated carbocycles. The minimum absolute atomic E-state index is 0.298. The molecule has 3 heteroatoms. The van der Waals surface area contributed by atoms with E-state index in [0.29, 0.717) is 12.6 Å². The second-order valence-corrected chi connectivity index (χ2v) is 4.07. The number of ether oxygens (including phenoxy) is 2. The normalized spacial score (nSPS) is 18.6. The van der Waals surface area contributed by atoms with Crippen molar-refractivity contribution in [2.75, 3.05) is 19.8 Å². The monoisotopic (exact) mass is 231 g/mol. The Hall–Kier alpha value is -1.66. The molecule has 1 saturated heterocycles. The Morgan fingerprint density at radius 2 is 1.94 bits per heavy atom. The fourth-order valence-corrected chi connectivity index (χ4v) is 1.85. The van der Waals surface area contributed by atoms with Gasteiger partial charge in [0.05, 0.1) is 0 Å². The molecule has 0 aliphatic carbocycles. The summed E-state index contributed by atoms with van der Waals surface area (Å²) < 4.78 is 11.0. The van der Waals surface area contributed by atoms with Crippen LogP contribution in [0.5, 0.6) is 11.5 Å². The van der Waals surface area contributed by atoms with Gasteiger partial charge in [-0.3, -0.25) is 0 Å². The fraction of sp³-hybridized carbons (Fsp3) is 0.429. The second-order valence-electron chi connectivity index (χ2n) is 4.07. The van der Waals surface area contributed by atoms with E-state index in [-0.39, 0.29) is 0 Å². The topological polar surface area (TPSA) is 30.5 Å². The first-order valence-electron chi connectivity index (χ1n) is 5.91. The third kappa shape index (κ3) is 3.69. The van der Waals surface area contributed by atoms with Crippen molar-refractivity contribution in [2.24, 2.45) is 0 Å². The molecule has 1 aliphatic rings. The van der Waals surface area contributed by atoms with Crippen molar-refractivity contribution in [1.82, 2.24) is 5.32 Å². The summed E-state index contributed by atoms with van der Waals surface area (Å²) in [5.41, 5.74) is 0. The number of hydrogen-bond donors (Lipinski definition) is 1. The lowest BCUT2D eigenvalue weighted by Crippen LogP contribution is -2.28. The van der Waals surface area contributed by atoms with E-state index in [1.165, 1.54) is 12.8 Å². The van der Waals surface area contributed by atoms with Gasteiger partial charge in [0.15, 0.2) is 0 Å². The third-order valence-electron chi connectivity index (χ3n) is 2.76. The molecule has 0 spiro atoms. The Labute approximate surface area is 102 Å². The minimum atomic E-state index is 0.298. The maximum Gasteiger partial charge on any atom is 0.148 e. The van der Waals surface area contributed by atoms with Crippen LogP contribution in [0.25, 0.3) is 0 Å². The lowest BCUT2D eigenvalue weighted by atomic mass is 10.2. The SMILES string of the molecule is C#CCOc1ccc(OCC2CCCN2)cc1. The van der Waals surface area contributed by atoms with E-state index in [4.69, 9.17) is 15.9 Å². The van der Waals surface area contributed by atoms with Crippen LogP contribution >= 0.6 is 0 Å². The van der Waals surface area contributed by atoms with E-state index in [0.717, 1.165) is 24.7 Å². The van der Waals surface area contributed by atoms with Gasteiger partial charge < -0.3 is 14.8 Å². The van der Waals surface area contributed by atoms with Crippen LogP contribution in [0.15, 0.2) is 24.3 Å². The molecule has 0 radical (unpaired) electrons. The number of terminal acetylenes is 1. The largest absolute Gasteiger partial charge is 0.492 e. The highest BCUT2D eigenvalue weighted by Gasteiger charge is 2.14. The average molecular weight is 231 g/mol. The number of benzene rings is 1. The van der Waals surface area contributed by atoms with E-state index in [9.17, 15) is 0 Å². The lowest BCUT2D eigenvalue weighted by molar-refractivity contribution is 0.276. The Morgan fingerprint density at radius 3 is 2.53 bits per heavy atom. The van der Waals surface area contributed by atoms with Gasteiger partial charge in [0.2, 0.25) is 0 Å². The Morgan fingerprint density at radius 1 is 1.24 bits per heavy atom. The molecular formula is C14H17NO2. The number of rotatable bonds is 5. The summed E-state index contributed by atoms with van der Waals surface area (Å²) in [6.45, 7) is 2.13. The molecular weight excluding hydrogens is 214 g/mol. The highest BCUT2D eigenvalue weighted by molar-refractivity contribution is 5.31. The van der Waals surface area contributed by atoms with Gasteiger partial charge in [-0.25, -0.2) is 0 Å². The Bertz CT molecular complexity index is 374. The number of nitrogens with one attached hydrogen (secondary N) is 1. The van der Waals surface area contributed by atoms with Gasteiger partial charge in [-0.15, -0.1) is 6.42 Å². The second kappa shape index (κ2) is 6.17. The van der Waals surface area contributed by atoms with Crippen molar-refractivity contribution in [3.8, 4) is 23.8 Å². The molecule has 90 valence electrons. The van der Waals surface area contributed by atoms with Crippen molar-refractivity contribution >= 4 is 0 Å². The average Bonchev–Trinajstić information content (AvgIpc) is 2.88. The van der Waals surface area contributed by atoms with Gasteiger partial charge in [0.25, 0.3) is 0 Å². The molecule has 0 bridgehead atoms. The summed E-state index contributed by atoms with van der Waals surface area (Å²) in [6.07, 6.45) is 7.56. The Balaban J connectivity index is 1.79. The Kier molecular flexibility index (Phi) is 4.29. The van der Waals surface area contributed by atoms with Crippen LogP contribution in [0, 0.1) is 12.3 Å². The fourth-order valence-electron chi connectivity index (χ4n) is 1.85. The summed E-state index contributed by atoms with van der Waals surface area (Å²) >= 11 is 0. The molecule has 0 aromatic heterocycles. The van der Waals surface area contributed by atoms with Gasteiger partial charge in [0, 0.05) is 6.04 Å². The van der Waals surface area contributed by atoms with E-state index >= 15 is 0 Å². The molecule has 1 aliphatic heterocycles. The first-order chi connectivity index (χ1) is 8.38. The molecule has 1 unspecified atom stereocenters. The van der Waals surface area contributed by atoms with Crippen molar-refractivity contribution in [3.63, 3.8) is 0 Å². The van der Waals surface area contributed by atoms with Crippen molar-refractivity contribution in [1.29, 1.82) is 0 Å². The van der Waals surface area contributed by atoms with Crippen molar-refractivity contribution in [3.05, 3.63) is 24.3 Å². The van der Waals surface area contributed by atoms with E-state index in [1.54, 1.807) is 0 Å². The van der Waals surface area contributed by atoms with Crippen molar-refractivity contribution < 1.29 is 9.47 Å². The van der Waals surface area contributed by atoms with Crippen molar-refractivity contribution in [2.45, 2.75) is 18.9 Å². The van der Waals surface area contributed by atoms with Crippen LogP contribution in [-0.2, 0) is 0 Å². The summed E-state index contributed by atoms with van der Waals surface area (Å²) in [6, 6.07) is 8.04. The first kappa shape index (κ1) is 11.8. The quantitative estimate of drug-likeness (QED) is 0.784. The molecule has 1 N–H and O–H groups in total. The summed E-state index contributed by atoms with van der Waals surface area (Å²) in [5.74, 6) is 4.07. The summed E-state index contributed by atoms with van der Waals surface area (Å²) in [7, 11) is 0. The maximum absolute atomic E-state index is 5.69. The highest BCUT2D eigenvalue weighted by atomic mass is 16.5. The molecule has 0 amide bonds. The summed E-state index contributed by atoms with van der Waals surface area (Å²) in [4.78, 5) is 0. The zero-order valence-corrected chi connectivity index (χ0v) is 9.82. The standard InChI is InChI=1S/C14H17NO2/c1-2-10-16-13-5-7-14(8-6-13)17-11-12-4-3-9-15-12/h1,5-8,12,15H,3-4,9-11H2. The van der Waals surface area contributed by atoms with Crippen LogP contribution < -0.4 is 14.8 Å². The summed E-state index contributed by atoms with van der Waals surface area (Å²) in [5, 5.41) is 3.39. The third-order valence-corrected chi connectivity index (χ3v) is 2.76. The predicted octanol–water partition coefficient (Wildman–Crippen LogP) is 1.83. The smallest absolute Gasteiger partial charge is 0.148 e. The minimum Gasteiger partial charge on any atom is -0.492 e. The maximum atomic E-state index is 5.69.